The average Bonchev–Trinajstić information content (AvgIpc) is 3.25. The van der Waals surface area contributed by atoms with Gasteiger partial charge in [0, 0.05) is 16.9 Å². The van der Waals surface area contributed by atoms with Gasteiger partial charge in [0.05, 0.1) is 28.9 Å². The number of aromatic hydroxyl groups is 1. The molecule has 0 radical (unpaired) electrons. The molecule has 0 saturated carbocycles. The van der Waals surface area contributed by atoms with Crippen molar-refractivity contribution in [3.05, 3.63) is 71.3 Å². The molecular weight excluding hydrogens is 468 g/mol. The summed E-state index contributed by atoms with van der Waals surface area (Å²) in [7, 11) is 0. The molecule has 4 aromatic rings. The van der Waals surface area contributed by atoms with E-state index in [-0.39, 0.29) is 28.5 Å². The smallest absolute Gasteiger partial charge is 0.311 e. The SMILES string of the molecule is N=C(N)c1ccc2nc(-c3cc(C(CC(=O)O)C(=O)O)cc(-c4ccccc4CS)c3O)[nH]c2c1. The van der Waals surface area contributed by atoms with E-state index in [1.165, 1.54) is 12.1 Å². The van der Waals surface area contributed by atoms with Gasteiger partial charge in [-0.15, -0.1) is 0 Å². The lowest BCUT2D eigenvalue weighted by Crippen LogP contribution is -2.16. The Morgan fingerprint density at radius 1 is 1.06 bits per heavy atom. The zero-order valence-corrected chi connectivity index (χ0v) is 19.2. The Hall–Kier alpha value is -4.31. The van der Waals surface area contributed by atoms with Crippen LogP contribution in [0.4, 0.5) is 0 Å². The van der Waals surface area contributed by atoms with E-state index in [1.54, 1.807) is 30.3 Å². The Bertz CT molecular complexity index is 1480. The van der Waals surface area contributed by atoms with Gasteiger partial charge in [-0.3, -0.25) is 15.0 Å². The second kappa shape index (κ2) is 9.51. The molecule has 0 spiro atoms. The third kappa shape index (κ3) is 4.69. The number of nitrogen functional groups attached to an aromatic ring is 1. The zero-order valence-electron chi connectivity index (χ0n) is 18.3. The molecule has 1 heterocycles. The van der Waals surface area contributed by atoms with Gasteiger partial charge in [0.25, 0.3) is 0 Å². The van der Waals surface area contributed by atoms with Gasteiger partial charge in [-0.1, -0.05) is 24.3 Å². The van der Waals surface area contributed by atoms with Crippen LogP contribution in [0.25, 0.3) is 33.5 Å². The van der Waals surface area contributed by atoms with Gasteiger partial charge < -0.3 is 26.0 Å². The van der Waals surface area contributed by atoms with Crippen LogP contribution in [0.5, 0.6) is 5.75 Å². The standard InChI is InChI=1S/C25H22N4O5S/c26-23(27)12-5-6-19-20(9-12)29-24(28-19)18-8-14(16(25(33)34)10-21(30)31)7-17(22(18)32)15-4-2-1-3-13(15)11-35/h1-9,16,32,35H,10-11H2,(H3,26,27)(H,28,29)(H,30,31)(H,33,34). The summed E-state index contributed by atoms with van der Waals surface area (Å²) < 4.78 is 0. The fourth-order valence-corrected chi connectivity index (χ4v) is 4.27. The van der Waals surface area contributed by atoms with Gasteiger partial charge in [0.2, 0.25) is 0 Å². The number of phenolic OH excluding ortho intramolecular Hbond substituents is 1. The first-order valence-corrected chi connectivity index (χ1v) is 11.2. The van der Waals surface area contributed by atoms with Gasteiger partial charge >= 0.3 is 11.9 Å². The largest absolute Gasteiger partial charge is 0.507 e. The van der Waals surface area contributed by atoms with Crippen LogP contribution in [-0.4, -0.2) is 43.1 Å². The summed E-state index contributed by atoms with van der Waals surface area (Å²) in [5.74, 6) is -3.54. The summed E-state index contributed by atoms with van der Waals surface area (Å²) in [4.78, 5) is 31.0. The molecule has 1 atom stereocenters. The Kier molecular flexibility index (Phi) is 6.48. The molecule has 35 heavy (non-hydrogen) atoms. The minimum Gasteiger partial charge on any atom is -0.507 e. The van der Waals surface area contributed by atoms with Crippen LogP contribution >= 0.6 is 12.6 Å². The van der Waals surface area contributed by atoms with Crippen molar-refractivity contribution in [1.29, 1.82) is 5.41 Å². The van der Waals surface area contributed by atoms with Crippen LogP contribution in [0.2, 0.25) is 0 Å². The van der Waals surface area contributed by atoms with E-state index < -0.39 is 24.3 Å². The highest BCUT2D eigenvalue weighted by molar-refractivity contribution is 7.79. The number of H-pyrrole nitrogens is 1. The van der Waals surface area contributed by atoms with Crippen LogP contribution in [0.15, 0.2) is 54.6 Å². The van der Waals surface area contributed by atoms with Crippen LogP contribution in [0.1, 0.15) is 29.0 Å². The lowest BCUT2D eigenvalue weighted by molar-refractivity contribution is -0.145. The number of hydrogen-bond donors (Lipinski definition) is 7. The number of hydrogen-bond acceptors (Lipinski definition) is 6. The number of aromatic amines is 1. The maximum Gasteiger partial charge on any atom is 0.311 e. The zero-order chi connectivity index (χ0) is 25.3. The number of carbonyl (C=O) groups is 2. The number of nitrogens with two attached hydrogens (primary N) is 1. The van der Waals surface area contributed by atoms with E-state index in [2.05, 4.69) is 22.6 Å². The molecule has 0 aliphatic heterocycles. The Morgan fingerprint density at radius 2 is 1.77 bits per heavy atom. The fraction of sp³-hybridized carbons (Fsp3) is 0.120. The Morgan fingerprint density at radius 3 is 2.43 bits per heavy atom. The summed E-state index contributed by atoms with van der Waals surface area (Å²) >= 11 is 4.36. The summed E-state index contributed by atoms with van der Waals surface area (Å²) in [5, 5.41) is 38.0. The van der Waals surface area contributed by atoms with Gasteiger partial charge in [-0.2, -0.15) is 12.6 Å². The van der Waals surface area contributed by atoms with E-state index in [9.17, 15) is 24.9 Å². The number of fused-ring (bicyclic) bond motifs is 1. The van der Waals surface area contributed by atoms with Crippen molar-refractivity contribution in [2.24, 2.45) is 5.73 Å². The number of benzene rings is 3. The molecular formula is C25H22N4O5S. The van der Waals surface area contributed by atoms with Crippen LogP contribution < -0.4 is 5.73 Å². The number of carboxylic acid groups (broad SMARTS) is 2. The van der Waals surface area contributed by atoms with Crippen molar-refractivity contribution >= 4 is 41.4 Å². The highest BCUT2D eigenvalue weighted by Gasteiger charge is 2.27. The predicted molar refractivity (Wildman–Crippen MR) is 135 cm³/mol. The van der Waals surface area contributed by atoms with E-state index in [0.29, 0.717) is 33.5 Å². The molecule has 178 valence electrons. The molecule has 0 saturated heterocycles. The fourth-order valence-electron chi connectivity index (χ4n) is 3.99. The molecule has 3 aromatic carbocycles. The quantitative estimate of drug-likeness (QED) is 0.111. The first kappa shape index (κ1) is 23.8. The maximum absolute atomic E-state index is 12.0. The number of rotatable bonds is 8. The van der Waals surface area contributed by atoms with Crippen molar-refractivity contribution in [2.45, 2.75) is 18.1 Å². The van der Waals surface area contributed by atoms with Crippen molar-refractivity contribution in [3.63, 3.8) is 0 Å². The van der Waals surface area contributed by atoms with Crippen LogP contribution in [-0.2, 0) is 15.3 Å². The van der Waals surface area contributed by atoms with Crippen molar-refractivity contribution < 1.29 is 24.9 Å². The Labute approximate surface area is 205 Å². The normalized spacial score (nSPS) is 11.9. The minimum atomic E-state index is -1.34. The molecule has 9 nitrogen and oxygen atoms in total. The number of carboxylic acids is 2. The second-order valence-electron chi connectivity index (χ2n) is 8.00. The first-order chi connectivity index (χ1) is 16.7. The van der Waals surface area contributed by atoms with Crippen molar-refractivity contribution in [3.8, 4) is 28.3 Å². The molecule has 0 fully saturated rings. The number of nitrogens with zero attached hydrogens (tertiary/aromatic N) is 1. The monoisotopic (exact) mass is 490 g/mol. The molecule has 0 bridgehead atoms. The van der Waals surface area contributed by atoms with E-state index >= 15 is 0 Å². The lowest BCUT2D eigenvalue weighted by atomic mass is 9.88. The lowest BCUT2D eigenvalue weighted by Gasteiger charge is -2.17. The second-order valence-corrected chi connectivity index (χ2v) is 8.32. The molecule has 1 unspecified atom stereocenters. The maximum atomic E-state index is 12.0. The molecule has 0 aliphatic rings. The van der Waals surface area contributed by atoms with Crippen LogP contribution in [0.3, 0.4) is 0 Å². The first-order valence-electron chi connectivity index (χ1n) is 10.5. The summed E-state index contributed by atoms with van der Waals surface area (Å²) in [6.07, 6.45) is -0.630. The van der Waals surface area contributed by atoms with Crippen molar-refractivity contribution in [1.82, 2.24) is 9.97 Å². The van der Waals surface area contributed by atoms with Crippen molar-refractivity contribution in [2.75, 3.05) is 0 Å². The van der Waals surface area contributed by atoms with E-state index in [0.717, 1.165) is 5.56 Å². The molecule has 7 N–H and O–H groups in total. The summed E-state index contributed by atoms with van der Waals surface area (Å²) in [6, 6.07) is 15.1. The summed E-state index contributed by atoms with van der Waals surface area (Å²) in [6.45, 7) is 0. The highest BCUT2D eigenvalue weighted by atomic mass is 32.1. The van der Waals surface area contributed by atoms with Gasteiger partial charge in [0.15, 0.2) is 0 Å². The number of nitrogens with one attached hydrogen (secondary N) is 2. The van der Waals surface area contributed by atoms with Gasteiger partial charge in [0.1, 0.15) is 17.4 Å². The number of phenols is 1. The molecule has 4 rings (SSSR count). The Balaban J connectivity index is 1.99. The van der Waals surface area contributed by atoms with Gasteiger partial charge in [-0.05, 0) is 47.0 Å². The molecule has 0 amide bonds. The number of imidazole rings is 1. The third-order valence-corrected chi connectivity index (χ3v) is 6.08. The molecule has 1 aromatic heterocycles. The topological polar surface area (TPSA) is 173 Å². The molecule has 0 aliphatic carbocycles. The van der Waals surface area contributed by atoms with Crippen LogP contribution in [0, 0.1) is 5.41 Å². The van der Waals surface area contributed by atoms with Gasteiger partial charge in [-0.25, -0.2) is 4.98 Å². The third-order valence-electron chi connectivity index (χ3n) is 5.74. The van der Waals surface area contributed by atoms with E-state index in [4.69, 9.17) is 11.1 Å². The highest BCUT2D eigenvalue weighted by Crippen LogP contribution is 2.42. The number of aliphatic carboxylic acids is 2. The molecule has 10 heteroatoms. The predicted octanol–water partition coefficient (Wildman–Crippen LogP) is 3.96. The number of amidine groups is 1. The number of aromatic nitrogens is 2. The summed E-state index contributed by atoms with van der Waals surface area (Å²) in [5.41, 5.74) is 9.38. The minimum absolute atomic E-state index is 0.114. The van der Waals surface area contributed by atoms with E-state index in [1.807, 2.05) is 12.1 Å². The average molecular weight is 491 g/mol. The number of thiol groups is 1.